The summed E-state index contributed by atoms with van der Waals surface area (Å²) in [5.41, 5.74) is 0. The minimum Gasteiger partial charge on any atom is -0.468 e. The van der Waals surface area contributed by atoms with E-state index < -0.39 is 26.8 Å². The number of carbonyl (C=O) groups excluding carboxylic acids is 1. The van der Waals surface area contributed by atoms with Crippen LogP contribution in [0.2, 0.25) is 19.6 Å². The topological polar surface area (TPSA) is 61.8 Å². The zero-order valence-corrected chi connectivity index (χ0v) is 18.4. The summed E-state index contributed by atoms with van der Waals surface area (Å²) in [6.45, 7) is 6.79. The van der Waals surface area contributed by atoms with Gasteiger partial charge in [0, 0.05) is 24.0 Å². The molecular formula is C17H27O5PSSi. The lowest BCUT2D eigenvalue weighted by Gasteiger charge is -2.32. The zero-order valence-electron chi connectivity index (χ0n) is 15.6. The fourth-order valence-corrected chi connectivity index (χ4v) is 10.2. The van der Waals surface area contributed by atoms with Crippen molar-refractivity contribution in [3.05, 3.63) is 30.3 Å². The number of benzene rings is 1. The van der Waals surface area contributed by atoms with E-state index >= 15 is 0 Å². The number of thioether (sulfide) groups is 1. The van der Waals surface area contributed by atoms with Crippen molar-refractivity contribution in [1.29, 1.82) is 0 Å². The number of esters is 1. The van der Waals surface area contributed by atoms with Crippen LogP contribution in [0.3, 0.4) is 0 Å². The molecule has 0 saturated heterocycles. The van der Waals surface area contributed by atoms with Crippen molar-refractivity contribution < 1.29 is 23.1 Å². The first-order valence-corrected chi connectivity index (χ1v) is 14.2. The van der Waals surface area contributed by atoms with Gasteiger partial charge < -0.3 is 13.8 Å². The molecule has 0 aliphatic heterocycles. The van der Waals surface area contributed by atoms with E-state index in [1.807, 2.05) is 18.2 Å². The smallest absolute Gasteiger partial charge is 0.347 e. The molecule has 140 valence electrons. The van der Waals surface area contributed by atoms with Gasteiger partial charge in [0.25, 0.3) is 0 Å². The van der Waals surface area contributed by atoms with Gasteiger partial charge >= 0.3 is 13.6 Å². The third kappa shape index (κ3) is 3.76. The van der Waals surface area contributed by atoms with Gasteiger partial charge in [-0.25, -0.2) is 0 Å². The molecule has 1 aliphatic rings. The third-order valence-electron chi connectivity index (χ3n) is 4.72. The van der Waals surface area contributed by atoms with Gasteiger partial charge in [-0.15, -0.1) is 11.8 Å². The largest absolute Gasteiger partial charge is 0.468 e. The first-order valence-electron chi connectivity index (χ1n) is 8.18. The molecule has 1 aromatic carbocycles. The predicted octanol–water partition coefficient (Wildman–Crippen LogP) is 4.44. The summed E-state index contributed by atoms with van der Waals surface area (Å²) in [4.78, 5) is 13.9. The highest BCUT2D eigenvalue weighted by molar-refractivity contribution is 8.01. The highest BCUT2D eigenvalue weighted by Crippen LogP contribution is 2.76. The van der Waals surface area contributed by atoms with Crippen molar-refractivity contribution in [2.24, 2.45) is 5.92 Å². The first kappa shape index (κ1) is 20.7. The average Bonchev–Trinajstić information content (AvgIpc) is 3.35. The maximum absolute atomic E-state index is 13.2. The normalized spacial score (nSPS) is 24.6. The molecule has 2 rings (SSSR count). The molecule has 3 atom stereocenters. The Balaban J connectivity index is 2.41. The molecule has 1 fully saturated rings. The molecule has 1 saturated carbocycles. The monoisotopic (exact) mass is 402 g/mol. The van der Waals surface area contributed by atoms with Gasteiger partial charge in [0.1, 0.15) is 0 Å². The zero-order chi connectivity index (χ0) is 18.9. The number of carbonyl (C=O) groups is 1. The number of ether oxygens (including phenoxy) is 1. The van der Waals surface area contributed by atoms with E-state index in [0.29, 0.717) is 6.42 Å². The van der Waals surface area contributed by atoms with E-state index in [1.54, 1.807) is 11.8 Å². The third-order valence-corrected chi connectivity index (χ3v) is 13.1. The molecule has 0 bridgehead atoms. The Bertz CT molecular complexity index is 655. The van der Waals surface area contributed by atoms with E-state index in [4.69, 9.17) is 13.8 Å². The van der Waals surface area contributed by atoms with Crippen LogP contribution in [0.4, 0.5) is 0 Å². The van der Waals surface area contributed by atoms with E-state index in [2.05, 4.69) is 31.8 Å². The summed E-state index contributed by atoms with van der Waals surface area (Å²) < 4.78 is 28.6. The van der Waals surface area contributed by atoms with Crippen LogP contribution in [-0.4, -0.2) is 45.4 Å². The van der Waals surface area contributed by atoms with Crippen molar-refractivity contribution in [3.63, 3.8) is 0 Å². The summed E-state index contributed by atoms with van der Waals surface area (Å²) in [5.74, 6) is -0.594. The molecule has 5 nitrogen and oxygen atoms in total. The van der Waals surface area contributed by atoms with Crippen LogP contribution in [0.5, 0.6) is 0 Å². The fourth-order valence-electron chi connectivity index (χ4n) is 3.38. The summed E-state index contributed by atoms with van der Waals surface area (Å²) in [5, 5.41) is -1.20. The molecule has 1 aromatic rings. The molecule has 0 unspecified atom stereocenters. The first-order chi connectivity index (χ1) is 11.7. The second kappa shape index (κ2) is 7.57. The Morgan fingerprint density at radius 1 is 1.20 bits per heavy atom. The Morgan fingerprint density at radius 3 is 2.20 bits per heavy atom. The lowest BCUT2D eigenvalue weighted by molar-refractivity contribution is -0.141. The summed E-state index contributed by atoms with van der Waals surface area (Å²) >= 11 is 1.76. The summed E-state index contributed by atoms with van der Waals surface area (Å²) in [6, 6.07) is 10.1. The molecule has 8 heteroatoms. The standard InChI is InChI=1S/C17H27O5PSSi/c1-20-16(18)17(23(19,21-2)22-3)12-14(17)15(25(4,5)6)24-13-10-8-7-9-11-13/h7-11,14-15H,12H2,1-6H3/t14-,15+,17-/m0/s1. The molecule has 0 N–H and O–H groups in total. The van der Waals surface area contributed by atoms with Crippen LogP contribution in [0.1, 0.15) is 6.42 Å². The minimum atomic E-state index is -3.60. The molecule has 25 heavy (non-hydrogen) atoms. The summed E-state index contributed by atoms with van der Waals surface area (Å²) in [7, 11) is -1.31. The van der Waals surface area contributed by atoms with E-state index in [1.165, 1.54) is 21.3 Å². The molecule has 0 heterocycles. The Kier molecular flexibility index (Phi) is 6.27. The van der Waals surface area contributed by atoms with Crippen molar-refractivity contribution in [2.75, 3.05) is 21.3 Å². The number of hydrogen-bond donors (Lipinski definition) is 0. The van der Waals surface area contributed by atoms with Crippen molar-refractivity contribution in [2.45, 2.75) is 41.0 Å². The molecule has 0 aromatic heterocycles. The Labute approximate surface area is 155 Å². The maximum atomic E-state index is 13.2. The van der Waals surface area contributed by atoms with Gasteiger partial charge in [-0.3, -0.25) is 9.36 Å². The molecule has 1 aliphatic carbocycles. The lowest BCUT2D eigenvalue weighted by atomic mass is 10.3. The van der Waals surface area contributed by atoms with E-state index in [0.717, 1.165) is 4.90 Å². The summed E-state index contributed by atoms with van der Waals surface area (Å²) in [6.07, 6.45) is 0.466. The molecule has 0 radical (unpaired) electrons. The Hall–Kier alpha value is -0.593. The lowest BCUT2D eigenvalue weighted by Crippen LogP contribution is -2.42. The van der Waals surface area contributed by atoms with Gasteiger partial charge in [-0.1, -0.05) is 37.8 Å². The van der Waals surface area contributed by atoms with Crippen LogP contribution < -0.4 is 0 Å². The van der Waals surface area contributed by atoms with Crippen LogP contribution in [0, 0.1) is 5.92 Å². The Morgan fingerprint density at radius 2 is 1.76 bits per heavy atom. The van der Waals surface area contributed by atoms with Crippen LogP contribution >= 0.6 is 19.4 Å². The highest BCUT2D eigenvalue weighted by Gasteiger charge is 2.76. The highest BCUT2D eigenvalue weighted by atomic mass is 32.2. The number of rotatable bonds is 8. The van der Waals surface area contributed by atoms with Gasteiger partial charge in [-0.05, 0) is 24.5 Å². The van der Waals surface area contributed by atoms with Crippen molar-refractivity contribution >= 4 is 33.4 Å². The second-order valence-electron chi connectivity index (χ2n) is 7.31. The van der Waals surface area contributed by atoms with Crippen LogP contribution in [0.15, 0.2) is 35.2 Å². The predicted molar refractivity (Wildman–Crippen MR) is 104 cm³/mol. The number of hydrogen-bond acceptors (Lipinski definition) is 6. The van der Waals surface area contributed by atoms with Gasteiger partial charge in [0.15, 0.2) is 5.16 Å². The van der Waals surface area contributed by atoms with Crippen molar-refractivity contribution in [3.8, 4) is 0 Å². The fraction of sp³-hybridized carbons (Fsp3) is 0.588. The van der Waals surface area contributed by atoms with Crippen molar-refractivity contribution in [1.82, 2.24) is 0 Å². The van der Waals surface area contributed by atoms with Crippen LogP contribution in [-0.2, 0) is 23.1 Å². The maximum Gasteiger partial charge on any atom is 0.347 e. The molecular weight excluding hydrogens is 375 g/mol. The van der Waals surface area contributed by atoms with Gasteiger partial charge in [0.05, 0.1) is 15.2 Å². The second-order valence-corrected chi connectivity index (χ2v) is 16.8. The quantitative estimate of drug-likeness (QED) is 0.277. The van der Waals surface area contributed by atoms with E-state index in [9.17, 15) is 9.36 Å². The van der Waals surface area contributed by atoms with Gasteiger partial charge in [-0.2, -0.15) is 0 Å². The van der Waals surface area contributed by atoms with Crippen LogP contribution in [0.25, 0.3) is 0 Å². The minimum absolute atomic E-state index is 0.0949. The van der Waals surface area contributed by atoms with Gasteiger partial charge in [0.2, 0.25) is 0 Å². The SMILES string of the molecule is COC(=O)[C@]1(P(=O)(OC)OC)C[C@H]1[C@H](Sc1ccccc1)[Si](C)(C)C. The number of methoxy groups -OCH3 is 1. The molecule has 0 amide bonds. The molecule has 0 spiro atoms. The average molecular weight is 403 g/mol. The van der Waals surface area contributed by atoms with E-state index in [-0.39, 0.29) is 10.8 Å².